The Morgan fingerprint density at radius 2 is 1.03 bits per heavy atom. The molecule has 200 valence electrons. The third kappa shape index (κ3) is 22.6. The minimum Gasteiger partial charge on any atom is -0.469 e. The normalized spacial score (nSPS) is 12.0. The first-order valence-electron chi connectivity index (χ1n) is 14.5. The molecule has 0 aromatic rings. The molecule has 0 radical (unpaired) electrons. The Labute approximate surface area is 211 Å². The Balaban J connectivity index is 3.28. The van der Waals surface area contributed by atoms with E-state index in [2.05, 4.69) is 18.2 Å². The molecule has 0 unspecified atom stereocenters. The van der Waals surface area contributed by atoms with E-state index in [0.717, 1.165) is 44.1 Å². The molecule has 4 heteroatoms. The van der Waals surface area contributed by atoms with Crippen molar-refractivity contribution in [2.75, 3.05) is 7.11 Å². The van der Waals surface area contributed by atoms with Crippen LogP contribution >= 0.6 is 0 Å². The molecule has 0 aliphatic heterocycles. The molecule has 0 bridgehead atoms. The van der Waals surface area contributed by atoms with Gasteiger partial charge in [-0.1, -0.05) is 116 Å². The van der Waals surface area contributed by atoms with Crippen LogP contribution in [-0.2, 0) is 14.3 Å². The first-order valence-corrected chi connectivity index (χ1v) is 14.5. The topological polar surface area (TPSA) is 63.6 Å². The van der Waals surface area contributed by atoms with Gasteiger partial charge in [-0.15, -0.1) is 0 Å². The maximum Gasteiger partial charge on any atom is 0.305 e. The van der Waals surface area contributed by atoms with E-state index in [1.807, 2.05) is 0 Å². The number of methoxy groups -OCH3 is 1. The maximum atomic E-state index is 11.8. The molecule has 0 aliphatic carbocycles. The number of unbranched alkanes of at least 4 members (excludes halogenated alkanes) is 17. The van der Waals surface area contributed by atoms with Crippen molar-refractivity contribution in [3.05, 3.63) is 12.2 Å². The third-order valence-corrected chi connectivity index (χ3v) is 6.81. The number of ether oxygens (including phenoxy) is 1. The molecule has 0 spiro atoms. The van der Waals surface area contributed by atoms with Crippen LogP contribution in [0.3, 0.4) is 0 Å². The van der Waals surface area contributed by atoms with Crippen LogP contribution in [0.4, 0.5) is 0 Å². The standard InChI is InChI=1S/C30H56O4/c1-4-5-24-28(31)26-29(32)27(2)23-21-19-17-15-13-11-9-7-6-8-10-12-14-16-18-20-22-25-30(33)34-3/h29,32H,2,4-26H2,1,3H3/t29-/m1/s1. The lowest BCUT2D eigenvalue weighted by Gasteiger charge is -2.13. The number of esters is 1. The van der Waals surface area contributed by atoms with Crippen LogP contribution in [0.2, 0.25) is 0 Å². The van der Waals surface area contributed by atoms with Gasteiger partial charge in [0.1, 0.15) is 5.78 Å². The number of aliphatic hydroxyl groups excluding tert-OH is 1. The quantitative estimate of drug-likeness (QED) is 0.0764. The zero-order valence-corrected chi connectivity index (χ0v) is 22.7. The molecule has 0 saturated carbocycles. The van der Waals surface area contributed by atoms with Gasteiger partial charge in [-0.05, 0) is 31.3 Å². The van der Waals surface area contributed by atoms with Gasteiger partial charge < -0.3 is 9.84 Å². The van der Waals surface area contributed by atoms with E-state index in [1.165, 1.54) is 97.0 Å². The predicted molar refractivity (Wildman–Crippen MR) is 144 cm³/mol. The summed E-state index contributed by atoms with van der Waals surface area (Å²) in [4.78, 5) is 22.8. The second kappa shape index (κ2) is 24.9. The van der Waals surface area contributed by atoms with Gasteiger partial charge in [0.15, 0.2) is 0 Å². The van der Waals surface area contributed by atoms with Crippen molar-refractivity contribution in [2.24, 2.45) is 0 Å². The second-order valence-corrected chi connectivity index (χ2v) is 10.1. The van der Waals surface area contributed by atoms with Gasteiger partial charge in [-0.25, -0.2) is 0 Å². The van der Waals surface area contributed by atoms with Gasteiger partial charge in [0.2, 0.25) is 0 Å². The van der Waals surface area contributed by atoms with Crippen LogP contribution in [-0.4, -0.2) is 30.1 Å². The lowest BCUT2D eigenvalue weighted by Crippen LogP contribution is -2.15. The molecule has 34 heavy (non-hydrogen) atoms. The molecule has 1 atom stereocenters. The lowest BCUT2D eigenvalue weighted by atomic mass is 9.98. The van der Waals surface area contributed by atoms with Gasteiger partial charge in [0.25, 0.3) is 0 Å². The summed E-state index contributed by atoms with van der Waals surface area (Å²) < 4.78 is 4.66. The van der Waals surface area contributed by atoms with Crippen molar-refractivity contribution in [3.63, 3.8) is 0 Å². The fourth-order valence-electron chi connectivity index (χ4n) is 4.38. The third-order valence-electron chi connectivity index (χ3n) is 6.81. The van der Waals surface area contributed by atoms with E-state index in [0.29, 0.717) is 12.8 Å². The van der Waals surface area contributed by atoms with Crippen LogP contribution < -0.4 is 0 Å². The maximum absolute atomic E-state index is 11.8. The molecule has 0 amide bonds. The zero-order chi connectivity index (χ0) is 25.3. The Bertz CT molecular complexity index is 500. The minimum atomic E-state index is -0.645. The summed E-state index contributed by atoms with van der Waals surface area (Å²) in [7, 11) is 1.46. The summed E-state index contributed by atoms with van der Waals surface area (Å²) in [6.45, 7) is 6.07. The molecular weight excluding hydrogens is 424 g/mol. The molecular formula is C30H56O4. The monoisotopic (exact) mass is 480 g/mol. The number of Topliss-reactive ketones (excluding diaryl/α,β-unsaturated/α-hetero) is 1. The van der Waals surface area contributed by atoms with Gasteiger partial charge in [-0.3, -0.25) is 9.59 Å². The molecule has 0 rings (SSSR count). The van der Waals surface area contributed by atoms with Gasteiger partial charge in [-0.2, -0.15) is 0 Å². The number of aliphatic hydroxyl groups is 1. The molecule has 0 aliphatic rings. The van der Waals surface area contributed by atoms with Crippen molar-refractivity contribution in [2.45, 2.75) is 161 Å². The summed E-state index contributed by atoms with van der Waals surface area (Å²) >= 11 is 0. The van der Waals surface area contributed by atoms with E-state index < -0.39 is 6.10 Å². The molecule has 0 heterocycles. The molecule has 4 nitrogen and oxygen atoms in total. The predicted octanol–water partition coefficient (Wildman–Crippen LogP) is 8.64. The van der Waals surface area contributed by atoms with Crippen LogP contribution in [0.5, 0.6) is 0 Å². The molecule has 0 saturated heterocycles. The number of carbonyl (C=O) groups is 2. The van der Waals surface area contributed by atoms with E-state index in [1.54, 1.807) is 0 Å². The highest BCUT2D eigenvalue weighted by atomic mass is 16.5. The second-order valence-electron chi connectivity index (χ2n) is 10.1. The van der Waals surface area contributed by atoms with Crippen LogP contribution in [0.25, 0.3) is 0 Å². The first kappa shape index (κ1) is 32.8. The number of ketones is 1. The molecule has 0 fully saturated rings. The lowest BCUT2D eigenvalue weighted by molar-refractivity contribution is -0.140. The highest BCUT2D eigenvalue weighted by molar-refractivity contribution is 5.79. The summed E-state index contributed by atoms with van der Waals surface area (Å²) in [6, 6.07) is 0. The van der Waals surface area contributed by atoms with Crippen molar-refractivity contribution in [1.82, 2.24) is 0 Å². The SMILES string of the molecule is C=C(CCCCCCCCCCCCCCCCCCCC(=O)OC)[C@H](O)CC(=O)CCCC. The Morgan fingerprint density at radius 3 is 1.41 bits per heavy atom. The van der Waals surface area contributed by atoms with E-state index >= 15 is 0 Å². The Kier molecular flexibility index (Phi) is 24.1. The van der Waals surface area contributed by atoms with E-state index in [4.69, 9.17) is 0 Å². The average molecular weight is 481 g/mol. The van der Waals surface area contributed by atoms with Crippen LogP contribution in [0.15, 0.2) is 12.2 Å². The van der Waals surface area contributed by atoms with Crippen molar-refractivity contribution in [1.29, 1.82) is 0 Å². The molecule has 1 N–H and O–H groups in total. The minimum absolute atomic E-state index is 0.0808. The van der Waals surface area contributed by atoms with Gasteiger partial charge in [0.05, 0.1) is 13.2 Å². The summed E-state index contributed by atoms with van der Waals surface area (Å²) in [6.07, 6.45) is 25.3. The zero-order valence-electron chi connectivity index (χ0n) is 22.7. The Morgan fingerprint density at radius 1 is 0.647 bits per heavy atom. The number of hydrogen-bond acceptors (Lipinski definition) is 4. The van der Waals surface area contributed by atoms with E-state index in [-0.39, 0.29) is 18.2 Å². The number of hydrogen-bond donors (Lipinski definition) is 1. The molecule has 0 aromatic carbocycles. The van der Waals surface area contributed by atoms with Gasteiger partial charge in [0, 0.05) is 19.3 Å². The van der Waals surface area contributed by atoms with Gasteiger partial charge >= 0.3 is 5.97 Å². The van der Waals surface area contributed by atoms with Crippen molar-refractivity contribution >= 4 is 11.8 Å². The Hall–Kier alpha value is -1.16. The highest BCUT2D eigenvalue weighted by Gasteiger charge is 2.13. The fourth-order valence-corrected chi connectivity index (χ4v) is 4.38. The summed E-state index contributed by atoms with van der Waals surface area (Å²) in [5, 5.41) is 10.1. The van der Waals surface area contributed by atoms with Crippen LogP contribution in [0.1, 0.15) is 155 Å². The number of carbonyl (C=O) groups excluding carboxylic acids is 2. The summed E-state index contributed by atoms with van der Waals surface area (Å²) in [5.41, 5.74) is 0.834. The first-order chi connectivity index (χ1) is 16.5. The van der Waals surface area contributed by atoms with Crippen molar-refractivity contribution < 1.29 is 19.4 Å². The van der Waals surface area contributed by atoms with Crippen molar-refractivity contribution in [3.8, 4) is 0 Å². The van der Waals surface area contributed by atoms with Crippen LogP contribution in [0, 0.1) is 0 Å². The summed E-state index contributed by atoms with van der Waals surface area (Å²) in [5.74, 6) is 0.0821. The average Bonchev–Trinajstić information content (AvgIpc) is 2.83. The smallest absolute Gasteiger partial charge is 0.305 e. The largest absolute Gasteiger partial charge is 0.469 e. The van der Waals surface area contributed by atoms with E-state index in [9.17, 15) is 14.7 Å². The fraction of sp³-hybridized carbons (Fsp3) is 0.867. The molecule has 0 aromatic heterocycles. The number of rotatable bonds is 26. The highest BCUT2D eigenvalue weighted by Crippen LogP contribution is 2.17.